The van der Waals surface area contributed by atoms with Crippen LogP contribution in [0.4, 0.5) is 5.69 Å². The molecule has 0 atom stereocenters. The number of nitrogens with two attached hydrogens (primary N) is 1. The highest BCUT2D eigenvalue weighted by molar-refractivity contribution is 5.72. The molecule has 0 aliphatic rings. The van der Waals surface area contributed by atoms with E-state index < -0.39 is 5.97 Å². The average Bonchev–Trinajstić information content (AvgIpc) is 2.10. The number of benzene rings is 1. The van der Waals surface area contributed by atoms with E-state index in [9.17, 15) is 9.90 Å². The molecule has 1 aromatic rings. The van der Waals surface area contributed by atoms with Gasteiger partial charge in [0.25, 0.3) is 0 Å². The van der Waals surface area contributed by atoms with Crippen molar-refractivity contribution in [3.63, 3.8) is 0 Å². The summed E-state index contributed by atoms with van der Waals surface area (Å²) in [5.41, 5.74) is 6.05. The van der Waals surface area contributed by atoms with Crippen molar-refractivity contribution in [3.8, 4) is 11.5 Å². The lowest BCUT2D eigenvalue weighted by Crippen LogP contribution is -2.01. The first-order valence-corrected chi connectivity index (χ1v) is 3.91. The molecule has 0 radical (unpaired) electrons. The van der Waals surface area contributed by atoms with Gasteiger partial charge < -0.3 is 20.7 Å². The van der Waals surface area contributed by atoms with Crippen molar-refractivity contribution < 1.29 is 19.7 Å². The van der Waals surface area contributed by atoms with E-state index in [-0.39, 0.29) is 23.6 Å². The first kappa shape index (κ1) is 10.2. The smallest absolute Gasteiger partial charge is 0.307 e. The van der Waals surface area contributed by atoms with Gasteiger partial charge in [-0.3, -0.25) is 4.79 Å². The Morgan fingerprint density at radius 3 is 2.71 bits per heavy atom. The minimum absolute atomic E-state index is 0.112. The zero-order valence-corrected chi connectivity index (χ0v) is 7.65. The zero-order valence-electron chi connectivity index (χ0n) is 7.65. The second-order valence-electron chi connectivity index (χ2n) is 2.81. The summed E-state index contributed by atoms with van der Waals surface area (Å²) in [6.07, 6.45) is -0.152. The van der Waals surface area contributed by atoms with E-state index in [0.29, 0.717) is 5.56 Å². The third kappa shape index (κ3) is 2.07. The summed E-state index contributed by atoms with van der Waals surface area (Å²) in [6, 6.07) is 2.85. The van der Waals surface area contributed by atoms with Gasteiger partial charge in [0, 0.05) is 0 Å². The second-order valence-corrected chi connectivity index (χ2v) is 2.81. The topological polar surface area (TPSA) is 92.8 Å². The summed E-state index contributed by atoms with van der Waals surface area (Å²) in [6.45, 7) is 0. The number of aromatic hydroxyl groups is 1. The SMILES string of the molecule is COc1cc(CC(=O)O)cc(N)c1O. The van der Waals surface area contributed by atoms with E-state index in [1.807, 2.05) is 0 Å². The molecule has 5 heteroatoms. The fourth-order valence-electron chi connectivity index (χ4n) is 1.12. The maximum atomic E-state index is 10.4. The summed E-state index contributed by atoms with van der Waals surface area (Å²) >= 11 is 0. The highest BCUT2D eigenvalue weighted by Crippen LogP contribution is 2.33. The minimum Gasteiger partial charge on any atom is -0.503 e. The Bertz CT molecular complexity index is 362. The van der Waals surface area contributed by atoms with Crippen molar-refractivity contribution >= 4 is 11.7 Å². The third-order valence-corrected chi connectivity index (χ3v) is 1.74. The summed E-state index contributed by atoms with van der Waals surface area (Å²) in [7, 11) is 1.37. The van der Waals surface area contributed by atoms with Gasteiger partial charge in [0.2, 0.25) is 0 Å². The molecule has 76 valence electrons. The first-order valence-electron chi connectivity index (χ1n) is 3.91. The molecule has 0 aromatic heterocycles. The quantitative estimate of drug-likeness (QED) is 0.487. The highest BCUT2D eigenvalue weighted by atomic mass is 16.5. The van der Waals surface area contributed by atoms with Crippen molar-refractivity contribution in [2.45, 2.75) is 6.42 Å². The average molecular weight is 197 g/mol. The molecule has 0 saturated heterocycles. The molecule has 4 N–H and O–H groups in total. The summed E-state index contributed by atoms with van der Waals surface area (Å²) in [5.74, 6) is -0.944. The lowest BCUT2D eigenvalue weighted by molar-refractivity contribution is -0.136. The van der Waals surface area contributed by atoms with E-state index in [1.165, 1.54) is 19.2 Å². The molecule has 0 spiro atoms. The molecule has 0 heterocycles. The third-order valence-electron chi connectivity index (χ3n) is 1.74. The summed E-state index contributed by atoms with van der Waals surface area (Å²) in [5, 5.41) is 17.9. The van der Waals surface area contributed by atoms with Crippen LogP contribution in [-0.4, -0.2) is 23.3 Å². The first-order chi connectivity index (χ1) is 6.54. The molecule has 5 nitrogen and oxygen atoms in total. The largest absolute Gasteiger partial charge is 0.503 e. The molecule has 0 bridgehead atoms. The Morgan fingerprint density at radius 1 is 1.57 bits per heavy atom. The van der Waals surface area contributed by atoms with E-state index in [0.717, 1.165) is 0 Å². The van der Waals surface area contributed by atoms with Crippen molar-refractivity contribution in [1.82, 2.24) is 0 Å². The molecule has 1 aromatic carbocycles. The lowest BCUT2D eigenvalue weighted by Gasteiger charge is -2.07. The van der Waals surface area contributed by atoms with Crippen LogP contribution in [0, 0.1) is 0 Å². The Hall–Kier alpha value is -1.91. The van der Waals surface area contributed by atoms with Gasteiger partial charge in [0.15, 0.2) is 11.5 Å². The number of rotatable bonds is 3. The van der Waals surface area contributed by atoms with Crippen LogP contribution in [-0.2, 0) is 11.2 Å². The number of hydrogen-bond donors (Lipinski definition) is 3. The number of carbonyl (C=O) groups is 1. The predicted octanol–water partition coefficient (Wildman–Crippen LogP) is 0.610. The number of ether oxygens (including phenoxy) is 1. The van der Waals surface area contributed by atoms with Crippen molar-refractivity contribution in [2.24, 2.45) is 0 Å². The summed E-state index contributed by atoms with van der Waals surface area (Å²) < 4.78 is 4.83. The van der Waals surface area contributed by atoms with Gasteiger partial charge in [-0.15, -0.1) is 0 Å². The lowest BCUT2D eigenvalue weighted by atomic mass is 10.1. The number of phenols is 1. The number of aliphatic carboxylic acids is 1. The number of carboxylic acid groups (broad SMARTS) is 1. The van der Waals surface area contributed by atoms with E-state index >= 15 is 0 Å². The second kappa shape index (κ2) is 3.87. The van der Waals surface area contributed by atoms with Crippen LogP contribution in [0.1, 0.15) is 5.56 Å². The zero-order chi connectivity index (χ0) is 10.7. The maximum Gasteiger partial charge on any atom is 0.307 e. The van der Waals surface area contributed by atoms with Gasteiger partial charge in [-0.25, -0.2) is 0 Å². The fourth-order valence-corrected chi connectivity index (χ4v) is 1.12. The van der Waals surface area contributed by atoms with E-state index in [4.69, 9.17) is 15.6 Å². The van der Waals surface area contributed by atoms with Crippen LogP contribution < -0.4 is 10.5 Å². The standard InChI is InChI=1S/C9H11NO4/c1-14-7-3-5(4-8(11)12)2-6(10)9(7)13/h2-3,13H,4,10H2,1H3,(H,11,12). The van der Waals surface area contributed by atoms with Crippen molar-refractivity contribution in [3.05, 3.63) is 17.7 Å². The monoisotopic (exact) mass is 197 g/mol. The number of hydrogen-bond acceptors (Lipinski definition) is 4. The molecule has 0 unspecified atom stereocenters. The molecule has 0 saturated carbocycles. The number of methoxy groups -OCH3 is 1. The Labute approximate surface area is 80.7 Å². The van der Waals surface area contributed by atoms with E-state index in [1.54, 1.807) is 0 Å². The van der Waals surface area contributed by atoms with Gasteiger partial charge in [0.05, 0.1) is 19.2 Å². The van der Waals surface area contributed by atoms with Crippen molar-refractivity contribution in [1.29, 1.82) is 0 Å². The maximum absolute atomic E-state index is 10.4. The van der Waals surface area contributed by atoms with Crippen molar-refractivity contribution in [2.75, 3.05) is 12.8 Å². The molecule has 1 rings (SSSR count). The Kier molecular flexibility index (Phi) is 2.81. The number of anilines is 1. The fraction of sp³-hybridized carbons (Fsp3) is 0.222. The normalized spacial score (nSPS) is 9.79. The van der Waals surface area contributed by atoms with Gasteiger partial charge in [0.1, 0.15) is 0 Å². The summed E-state index contributed by atoms with van der Waals surface area (Å²) in [4.78, 5) is 10.4. The Morgan fingerprint density at radius 2 is 2.21 bits per heavy atom. The van der Waals surface area contributed by atoms with Gasteiger partial charge in [-0.1, -0.05) is 0 Å². The minimum atomic E-state index is -0.961. The molecule has 0 fully saturated rings. The van der Waals surface area contributed by atoms with Crippen LogP contribution in [0.2, 0.25) is 0 Å². The van der Waals surface area contributed by atoms with Crippen LogP contribution in [0.3, 0.4) is 0 Å². The van der Waals surface area contributed by atoms with Crippen LogP contribution >= 0.6 is 0 Å². The number of carboxylic acids is 1. The van der Waals surface area contributed by atoms with Crippen LogP contribution in [0.5, 0.6) is 11.5 Å². The van der Waals surface area contributed by atoms with Gasteiger partial charge in [-0.05, 0) is 17.7 Å². The molecular formula is C9H11NO4. The molecular weight excluding hydrogens is 186 g/mol. The van der Waals surface area contributed by atoms with Gasteiger partial charge >= 0.3 is 5.97 Å². The van der Waals surface area contributed by atoms with Gasteiger partial charge in [-0.2, -0.15) is 0 Å². The Balaban J connectivity index is 3.09. The molecule has 0 aliphatic carbocycles. The number of nitrogen functional groups attached to an aromatic ring is 1. The molecule has 0 amide bonds. The van der Waals surface area contributed by atoms with Crippen LogP contribution in [0.15, 0.2) is 12.1 Å². The predicted molar refractivity (Wildman–Crippen MR) is 50.4 cm³/mol. The molecule has 14 heavy (non-hydrogen) atoms. The van der Waals surface area contributed by atoms with E-state index in [2.05, 4.69) is 0 Å². The number of phenolic OH excluding ortho intramolecular Hbond substituents is 1. The highest BCUT2D eigenvalue weighted by Gasteiger charge is 2.09. The molecule has 0 aliphatic heterocycles. The van der Waals surface area contributed by atoms with Crippen LogP contribution in [0.25, 0.3) is 0 Å².